The van der Waals surface area contributed by atoms with Gasteiger partial charge >= 0.3 is 5.97 Å². The van der Waals surface area contributed by atoms with Crippen LogP contribution in [-0.4, -0.2) is 31.6 Å². The number of carboxylic acid groups (broad SMARTS) is 1. The SMILES string of the molecule is CC(C)n1c(SCC(=O)O)nnc1C1CCCC1. The van der Waals surface area contributed by atoms with E-state index in [1.807, 2.05) is 0 Å². The minimum atomic E-state index is -0.819. The largest absolute Gasteiger partial charge is 0.481 e. The molecule has 0 radical (unpaired) electrons. The summed E-state index contributed by atoms with van der Waals surface area (Å²) in [7, 11) is 0. The van der Waals surface area contributed by atoms with E-state index in [1.165, 1.54) is 37.4 Å². The summed E-state index contributed by atoms with van der Waals surface area (Å²) < 4.78 is 2.10. The third-order valence-corrected chi connectivity index (χ3v) is 4.18. The lowest BCUT2D eigenvalue weighted by molar-refractivity contribution is -0.133. The van der Waals surface area contributed by atoms with Crippen LogP contribution in [0.4, 0.5) is 0 Å². The number of carboxylic acids is 1. The van der Waals surface area contributed by atoms with Crippen molar-refractivity contribution in [2.75, 3.05) is 5.75 Å². The van der Waals surface area contributed by atoms with E-state index < -0.39 is 5.97 Å². The molecule has 1 aromatic heterocycles. The number of rotatable bonds is 5. The van der Waals surface area contributed by atoms with Gasteiger partial charge < -0.3 is 9.67 Å². The average molecular weight is 269 g/mol. The van der Waals surface area contributed by atoms with Gasteiger partial charge in [0.15, 0.2) is 5.16 Å². The van der Waals surface area contributed by atoms with Crippen molar-refractivity contribution in [2.45, 2.75) is 56.6 Å². The highest BCUT2D eigenvalue weighted by molar-refractivity contribution is 7.99. The Bertz CT molecular complexity index is 425. The molecule has 1 fully saturated rings. The molecule has 0 unspecified atom stereocenters. The molecule has 6 heteroatoms. The summed E-state index contributed by atoms with van der Waals surface area (Å²) in [5.74, 6) is 0.755. The number of hydrogen-bond donors (Lipinski definition) is 1. The number of thioether (sulfide) groups is 1. The Morgan fingerprint density at radius 1 is 1.44 bits per heavy atom. The maximum atomic E-state index is 10.6. The smallest absolute Gasteiger partial charge is 0.313 e. The highest BCUT2D eigenvalue weighted by atomic mass is 32.2. The molecule has 2 rings (SSSR count). The predicted octanol–water partition coefficient (Wildman–Crippen LogP) is 2.69. The van der Waals surface area contributed by atoms with E-state index >= 15 is 0 Å². The van der Waals surface area contributed by atoms with Gasteiger partial charge in [-0.05, 0) is 26.7 Å². The zero-order chi connectivity index (χ0) is 13.1. The summed E-state index contributed by atoms with van der Waals surface area (Å²) in [6, 6.07) is 0.270. The van der Waals surface area contributed by atoms with Crippen molar-refractivity contribution in [1.82, 2.24) is 14.8 Å². The number of aliphatic carboxylic acids is 1. The minimum Gasteiger partial charge on any atom is -0.481 e. The number of aromatic nitrogens is 3. The number of hydrogen-bond acceptors (Lipinski definition) is 4. The first-order valence-corrected chi connectivity index (χ1v) is 7.37. The third-order valence-electron chi connectivity index (χ3n) is 3.25. The fourth-order valence-electron chi connectivity index (χ4n) is 2.46. The van der Waals surface area contributed by atoms with Gasteiger partial charge in [-0.2, -0.15) is 0 Å². The summed E-state index contributed by atoms with van der Waals surface area (Å²) in [6.07, 6.45) is 4.86. The van der Waals surface area contributed by atoms with Crippen LogP contribution < -0.4 is 0 Å². The molecular formula is C12H19N3O2S. The van der Waals surface area contributed by atoms with Crippen molar-refractivity contribution in [2.24, 2.45) is 0 Å². The third kappa shape index (κ3) is 2.85. The molecule has 0 aliphatic heterocycles. The van der Waals surface area contributed by atoms with Crippen molar-refractivity contribution in [3.63, 3.8) is 0 Å². The lowest BCUT2D eigenvalue weighted by atomic mass is 10.1. The maximum Gasteiger partial charge on any atom is 0.313 e. The van der Waals surface area contributed by atoms with Crippen LogP contribution in [0.25, 0.3) is 0 Å². The molecule has 0 bridgehead atoms. The molecule has 1 N–H and O–H groups in total. The van der Waals surface area contributed by atoms with E-state index in [0.717, 1.165) is 11.0 Å². The number of nitrogens with zero attached hydrogens (tertiary/aromatic N) is 3. The first-order valence-electron chi connectivity index (χ1n) is 6.39. The molecule has 0 spiro atoms. The fourth-order valence-corrected chi connectivity index (χ4v) is 3.26. The van der Waals surface area contributed by atoms with Crippen molar-refractivity contribution in [1.29, 1.82) is 0 Å². The van der Waals surface area contributed by atoms with Gasteiger partial charge in [0, 0.05) is 12.0 Å². The van der Waals surface area contributed by atoms with E-state index in [2.05, 4.69) is 28.6 Å². The van der Waals surface area contributed by atoms with E-state index in [0.29, 0.717) is 5.92 Å². The van der Waals surface area contributed by atoms with E-state index in [1.54, 1.807) is 0 Å². The Hall–Kier alpha value is -1.04. The molecule has 0 aromatic carbocycles. The Labute approximate surface area is 111 Å². The molecule has 18 heavy (non-hydrogen) atoms. The summed E-state index contributed by atoms with van der Waals surface area (Å²) in [4.78, 5) is 10.6. The van der Waals surface area contributed by atoms with E-state index in [4.69, 9.17) is 5.11 Å². The van der Waals surface area contributed by atoms with Gasteiger partial charge in [-0.1, -0.05) is 24.6 Å². The molecule has 1 aliphatic rings. The van der Waals surface area contributed by atoms with Crippen LogP contribution in [0, 0.1) is 0 Å². The molecule has 1 saturated carbocycles. The first-order chi connectivity index (χ1) is 8.59. The zero-order valence-corrected chi connectivity index (χ0v) is 11.6. The summed E-state index contributed by atoms with van der Waals surface area (Å²) in [5.41, 5.74) is 0. The second kappa shape index (κ2) is 5.73. The molecule has 100 valence electrons. The van der Waals surface area contributed by atoms with Gasteiger partial charge in [0.05, 0.1) is 5.75 Å². The normalized spacial score (nSPS) is 16.6. The predicted molar refractivity (Wildman–Crippen MR) is 70.0 cm³/mol. The zero-order valence-electron chi connectivity index (χ0n) is 10.8. The van der Waals surface area contributed by atoms with Crippen molar-refractivity contribution in [3.8, 4) is 0 Å². The van der Waals surface area contributed by atoms with Crippen LogP contribution in [0.3, 0.4) is 0 Å². The molecule has 0 amide bonds. The van der Waals surface area contributed by atoms with Gasteiger partial charge in [-0.15, -0.1) is 10.2 Å². The molecule has 0 atom stereocenters. The Balaban J connectivity index is 2.22. The van der Waals surface area contributed by atoms with Crippen molar-refractivity contribution < 1.29 is 9.90 Å². The van der Waals surface area contributed by atoms with Gasteiger partial charge in [-0.25, -0.2) is 0 Å². The van der Waals surface area contributed by atoms with Crippen LogP contribution >= 0.6 is 11.8 Å². The van der Waals surface area contributed by atoms with Crippen LogP contribution in [0.15, 0.2) is 5.16 Å². The second-order valence-electron chi connectivity index (χ2n) is 4.97. The highest BCUT2D eigenvalue weighted by Crippen LogP contribution is 2.35. The fraction of sp³-hybridized carbons (Fsp3) is 0.750. The number of carbonyl (C=O) groups is 1. The molecule has 1 aromatic rings. The quantitative estimate of drug-likeness (QED) is 0.832. The Morgan fingerprint density at radius 3 is 2.67 bits per heavy atom. The van der Waals surface area contributed by atoms with E-state index in [9.17, 15) is 4.79 Å². The van der Waals surface area contributed by atoms with Crippen LogP contribution in [0.1, 0.15) is 57.3 Å². The lowest BCUT2D eigenvalue weighted by Crippen LogP contribution is -2.11. The maximum absolute atomic E-state index is 10.6. The monoisotopic (exact) mass is 269 g/mol. The summed E-state index contributed by atoms with van der Waals surface area (Å²) >= 11 is 1.25. The molecule has 0 saturated heterocycles. The molecular weight excluding hydrogens is 250 g/mol. The summed E-state index contributed by atoms with van der Waals surface area (Å²) in [6.45, 7) is 4.18. The van der Waals surface area contributed by atoms with Crippen LogP contribution in [-0.2, 0) is 4.79 Å². The first kappa shape index (κ1) is 13.4. The Kier molecular flexibility index (Phi) is 4.27. The standard InChI is InChI=1S/C12H19N3O2S/c1-8(2)15-11(9-5-3-4-6-9)13-14-12(15)18-7-10(16)17/h8-9H,3-7H2,1-2H3,(H,16,17). The van der Waals surface area contributed by atoms with Crippen LogP contribution in [0.2, 0.25) is 0 Å². The second-order valence-corrected chi connectivity index (χ2v) is 5.91. The molecule has 1 aliphatic carbocycles. The summed E-state index contributed by atoms with van der Waals surface area (Å²) in [5, 5.41) is 17.9. The molecule has 5 nitrogen and oxygen atoms in total. The van der Waals surface area contributed by atoms with Gasteiger partial charge in [0.25, 0.3) is 0 Å². The van der Waals surface area contributed by atoms with Gasteiger partial charge in [0.1, 0.15) is 5.82 Å². The minimum absolute atomic E-state index is 0.0372. The Morgan fingerprint density at radius 2 is 2.11 bits per heavy atom. The highest BCUT2D eigenvalue weighted by Gasteiger charge is 2.25. The average Bonchev–Trinajstić information content (AvgIpc) is 2.94. The van der Waals surface area contributed by atoms with Crippen molar-refractivity contribution >= 4 is 17.7 Å². The van der Waals surface area contributed by atoms with Crippen molar-refractivity contribution in [3.05, 3.63) is 5.82 Å². The van der Waals surface area contributed by atoms with Gasteiger partial charge in [-0.3, -0.25) is 4.79 Å². The van der Waals surface area contributed by atoms with Gasteiger partial charge in [0.2, 0.25) is 0 Å². The topological polar surface area (TPSA) is 68.0 Å². The molecule has 1 heterocycles. The van der Waals surface area contributed by atoms with E-state index in [-0.39, 0.29) is 11.8 Å². The van der Waals surface area contributed by atoms with Crippen LogP contribution in [0.5, 0.6) is 0 Å². The lowest BCUT2D eigenvalue weighted by Gasteiger charge is -2.16.